The van der Waals surface area contributed by atoms with Gasteiger partial charge in [-0.15, -0.1) is 0 Å². The molecule has 0 heterocycles. The largest absolute Gasteiger partial charge is 0.462 e. The van der Waals surface area contributed by atoms with Crippen LogP contribution < -0.4 is 0 Å². The maximum absolute atomic E-state index is 12.9. The first-order valence-corrected chi connectivity index (χ1v) is 32.2. The van der Waals surface area contributed by atoms with Gasteiger partial charge in [-0.2, -0.15) is 0 Å². The summed E-state index contributed by atoms with van der Waals surface area (Å²) in [6.45, 7) is 6.44. The molecule has 0 saturated carbocycles. The fourth-order valence-corrected chi connectivity index (χ4v) is 8.59. The molecule has 0 aliphatic carbocycles. The molecule has 0 aromatic rings. The number of carbonyl (C=O) groups excluding carboxylic acids is 3. The molecule has 6 nitrogen and oxygen atoms in total. The number of esters is 3. The summed E-state index contributed by atoms with van der Waals surface area (Å²) in [5.74, 6) is -0.922. The Morgan fingerprint density at radius 3 is 0.833 bits per heavy atom. The SMILES string of the molecule is CC/C=C\C/C=C\C/C=C\C/C=C\C/C=C\C/C=C\C/C=C\C/C=C\C/C=C\CCCCCCCC(=O)OCC(COC(=O)CCCCCCC/C=C\C/C=C\CCC)OC(=O)CCCCCCCCCCCCCCCC. The van der Waals surface area contributed by atoms with Crippen LogP contribution in [0.15, 0.2) is 134 Å². The highest BCUT2D eigenvalue weighted by Gasteiger charge is 2.19. The van der Waals surface area contributed by atoms with Crippen LogP contribution in [0, 0.1) is 0 Å². The first-order chi connectivity index (χ1) is 38.5. The van der Waals surface area contributed by atoms with Gasteiger partial charge in [-0.05, 0) is 116 Å². The van der Waals surface area contributed by atoms with Gasteiger partial charge in [0.2, 0.25) is 0 Å². The molecule has 1 unspecified atom stereocenters. The molecule has 0 rings (SSSR count). The smallest absolute Gasteiger partial charge is 0.306 e. The molecule has 0 amide bonds. The van der Waals surface area contributed by atoms with E-state index in [-0.39, 0.29) is 31.1 Å². The third kappa shape index (κ3) is 62.4. The monoisotopic (exact) mass is 1080 g/mol. The summed E-state index contributed by atoms with van der Waals surface area (Å²) in [6.07, 6.45) is 91.7. The van der Waals surface area contributed by atoms with E-state index in [1.807, 2.05) is 0 Å². The summed E-state index contributed by atoms with van der Waals surface area (Å²) >= 11 is 0. The van der Waals surface area contributed by atoms with Gasteiger partial charge in [0.25, 0.3) is 0 Å². The van der Waals surface area contributed by atoms with E-state index in [0.717, 1.165) is 167 Å². The molecule has 78 heavy (non-hydrogen) atoms. The number of rotatable bonds is 57. The summed E-state index contributed by atoms with van der Waals surface area (Å²) in [4.78, 5) is 38.2. The highest BCUT2D eigenvalue weighted by atomic mass is 16.6. The lowest BCUT2D eigenvalue weighted by molar-refractivity contribution is -0.167. The van der Waals surface area contributed by atoms with Crippen molar-refractivity contribution >= 4 is 17.9 Å². The summed E-state index contributed by atoms with van der Waals surface area (Å²) in [7, 11) is 0. The zero-order chi connectivity index (χ0) is 56.4. The first-order valence-electron chi connectivity index (χ1n) is 32.2. The molecule has 0 N–H and O–H groups in total. The lowest BCUT2D eigenvalue weighted by atomic mass is 10.0. The minimum Gasteiger partial charge on any atom is -0.462 e. The van der Waals surface area contributed by atoms with Crippen LogP contribution in [0.4, 0.5) is 0 Å². The van der Waals surface area contributed by atoms with Gasteiger partial charge in [0.15, 0.2) is 6.10 Å². The van der Waals surface area contributed by atoms with E-state index in [4.69, 9.17) is 14.2 Å². The number of unbranched alkanes of at least 4 members (excludes halogenated alkanes) is 24. The van der Waals surface area contributed by atoms with Gasteiger partial charge in [0.1, 0.15) is 13.2 Å². The van der Waals surface area contributed by atoms with Crippen molar-refractivity contribution in [3.63, 3.8) is 0 Å². The lowest BCUT2D eigenvalue weighted by Crippen LogP contribution is -2.30. The van der Waals surface area contributed by atoms with Crippen molar-refractivity contribution < 1.29 is 28.6 Å². The van der Waals surface area contributed by atoms with Crippen LogP contribution in [-0.2, 0) is 28.6 Å². The van der Waals surface area contributed by atoms with Crippen molar-refractivity contribution in [1.82, 2.24) is 0 Å². The molecule has 0 saturated heterocycles. The second kappa shape index (κ2) is 65.1. The van der Waals surface area contributed by atoms with Crippen molar-refractivity contribution in [2.45, 2.75) is 290 Å². The topological polar surface area (TPSA) is 78.9 Å². The molecule has 0 spiro atoms. The molecular formula is C72H118O6. The van der Waals surface area contributed by atoms with E-state index < -0.39 is 6.10 Å². The fraction of sp³-hybridized carbons (Fsp3) is 0.653. The molecule has 0 aromatic heterocycles. The average Bonchev–Trinajstić information content (AvgIpc) is 3.44. The predicted octanol–water partition coefficient (Wildman–Crippen LogP) is 22.2. The van der Waals surface area contributed by atoms with Gasteiger partial charge < -0.3 is 14.2 Å². The number of ether oxygens (including phenoxy) is 3. The molecule has 6 heteroatoms. The summed E-state index contributed by atoms with van der Waals surface area (Å²) in [6, 6.07) is 0. The van der Waals surface area contributed by atoms with Crippen LogP contribution in [0.25, 0.3) is 0 Å². The van der Waals surface area contributed by atoms with Gasteiger partial charge in [0.05, 0.1) is 0 Å². The highest BCUT2D eigenvalue weighted by Crippen LogP contribution is 2.15. The number of hydrogen-bond donors (Lipinski definition) is 0. The van der Waals surface area contributed by atoms with Crippen molar-refractivity contribution in [1.29, 1.82) is 0 Å². The average molecular weight is 1080 g/mol. The van der Waals surface area contributed by atoms with E-state index >= 15 is 0 Å². The van der Waals surface area contributed by atoms with Gasteiger partial charge in [-0.1, -0.05) is 283 Å². The number of allylic oxidation sites excluding steroid dienone is 22. The Morgan fingerprint density at radius 1 is 0.269 bits per heavy atom. The Hall–Kier alpha value is -4.45. The lowest BCUT2D eigenvalue weighted by Gasteiger charge is -2.18. The Kier molecular flexibility index (Phi) is 61.4. The van der Waals surface area contributed by atoms with E-state index in [1.54, 1.807) is 0 Å². The second-order valence-corrected chi connectivity index (χ2v) is 20.9. The van der Waals surface area contributed by atoms with Gasteiger partial charge in [-0.3, -0.25) is 14.4 Å². The van der Waals surface area contributed by atoms with Gasteiger partial charge in [0, 0.05) is 19.3 Å². The Labute approximate surface area is 481 Å². The molecule has 0 fully saturated rings. The second-order valence-electron chi connectivity index (χ2n) is 20.9. The maximum atomic E-state index is 12.9. The summed E-state index contributed by atoms with van der Waals surface area (Å²) in [5, 5.41) is 0. The van der Waals surface area contributed by atoms with Crippen LogP contribution in [-0.4, -0.2) is 37.2 Å². The third-order valence-corrected chi connectivity index (χ3v) is 13.4. The predicted molar refractivity (Wildman–Crippen MR) is 339 cm³/mol. The Balaban J connectivity index is 4.31. The quantitative estimate of drug-likeness (QED) is 0.0261. The molecule has 1 atom stereocenters. The highest BCUT2D eigenvalue weighted by molar-refractivity contribution is 5.71. The minimum absolute atomic E-state index is 0.0923. The maximum Gasteiger partial charge on any atom is 0.306 e. The number of carbonyl (C=O) groups is 3. The van der Waals surface area contributed by atoms with E-state index in [2.05, 4.69) is 154 Å². The molecule has 0 aliphatic rings. The summed E-state index contributed by atoms with van der Waals surface area (Å²) in [5.41, 5.74) is 0. The zero-order valence-corrected chi connectivity index (χ0v) is 50.6. The minimum atomic E-state index is -0.794. The van der Waals surface area contributed by atoms with Crippen molar-refractivity contribution in [3.05, 3.63) is 134 Å². The molecular weight excluding hydrogens is 961 g/mol. The van der Waals surface area contributed by atoms with Gasteiger partial charge in [-0.25, -0.2) is 0 Å². The molecule has 0 aliphatic heterocycles. The van der Waals surface area contributed by atoms with Crippen molar-refractivity contribution in [3.8, 4) is 0 Å². The Morgan fingerprint density at radius 2 is 0.526 bits per heavy atom. The van der Waals surface area contributed by atoms with E-state index in [9.17, 15) is 14.4 Å². The zero-order valence-electron chi connectivity index (χ0n) is 50.6. The van der Waals surface area contributed by atoms with Crippen molar-refractivity contribution in [2.24, 2.45) is 0 Å². The summed E-state index contributed by atoms with van der Waals surface area (Å²) < 4.78 is 16.9. The van der Waals surface area contributed by atoms with Crippen LogP contribution in [0.3, 0.4) is 0 Å². The number of hydrogen-bond acceptors (Lipinski definition) is 6. The van der Waals surface area contributed by atoms with E-state index in [0.29, 0.717) is 19.3 Å². The molecule has 0 radical (unpaired) electrons. The molecule has 0 bridgehead atoms. The van der Waals surface area contributed by atoms with Crippen LogP contribution >= 0.6 is 0 Å². The Bertz CT molecular complexity index is 1670. The molecule has 0 aromatic carbocycles. The molecule has 442 valence electrons. The van der Waals surface area contributed by atoms with Gasteiger partial charge >= 0.3 is 17.9 Å². The first kappa shape index (κ1) is 73.5. The van der Waals surface area contributed by atoms with Crippen LogP contribution in [0.5, 0.6) is 0 Å². The van der Waals surface area contributed by atoms with Crippen LogP contribution in [0.1, 0.15) is 284 Å². The standard InChI is InChI=1S/C72H118O6/c1-4-7-10-13-16-19-22-25-27-28-29-30-31-32-33-34-35-36-37-38-39-40-41-42-43-44-45-48-50-53-56-59-62-65-71(74)77-68-69(67-76-70(73)64-61-58-55-52-49-46-24-21-18-15-12-9-6-3)78-72(75)66-63-60-57-54-51-47-26-23-20-17-14-11-8-5-2/h7,10,12,15-16,19,21,24-25,27,29-30,32-33,35-36,38-39,41-42,44-45,69H,4-6,8-9,11,13-14,17-18,20,22-23,26,28,31,34,37,40,43,46-68H2,1-3H3/b10-7-,15-12-,19-16-,24-21-,27-25-,30-29-,33-32-,36-35-,39-38-,42-41-,45-44-. The van der Waals surface area contributed by atoms with Crippen LogP contribution in [0.2, 0.25) is 0 Å². The third-order valence-electron chi connectivity index (χ3n) is 13.4. The normalized spacial score (nSPS) is 13.0. The fourth-order valence-electron chi connectivity index (χ4n) is 8.59. The van der Waals surface area contributed by atoms with E-state index in [1.165, 1.54) is 77.0 Å². The van der Waals surface area contributed by atoms with Crippen molar-refractivity contribution in [2.75, 3.05) is 13.2 Å².